The maximum absolute atomic E-state index is 12.7. The first kappa shape index (κ1) is 25.4. The van der Waals surface area contributed by atoms with Gasteiger partial charge in [-0.25, -0.2) is 0 Å². The molecule has 8 heteroatoms. The van der Waals surface area contributed by atoms with Gasteiger partial charge >= 0.3 is 0 Å². The molecule has 168 valence electrons. The minimum Gasteiger partial charge on any atom is -0.375 e. The Morgan fingerprint density at radius 1 is 1.10 bits per heavy atom. The van der Waals surface area contributed by atoms with E-state index in [2.05, 4.69) is 34.7 Å². The third kappa shape index (κ3) is 8.63. The Bertz CT molecular complexity index is 852. The first-order chi connectivity index (χ1) is 14.9. The van der Waals surface area contributed by atoms with Crippen molar-refractivity contribution in [1.29, 1.82) is 0 Å². The van der Waals surface area contributed by atoms with Crippen molar-refractivity contribution in [2.75, 3.05) is 37.0 Å². The average molecular weight is 482 g/mol. The van der Waals surface area contributed by atoms with Gasteiger partial charge in [-0.05, 0) is 61.6 Å². The van der Waals surface area contributed by atoms with Crippen molar-refractivity contribution in [2.24, 2.45) is 0 Å². The van der Waals surface area contributed by atoms with Crippen molar-refractivity contribution in [3.63, 3.8) is 0 Å². The maximum atomic E-state index is 12.7. The van der Waals surface area contributed by atoms with Gasteiger partial charge in [-0.1, -0.05) is 41.4 Å². The molecule has 0 aliphatic rings. The number of hydrogen-bond donors (Lipinski definition) is 2. The first-order valence-electron chi connectivity index (χ1n) is 10.2. The second kappa shape index (κ2) is 13.5. The van der Waals surface area contributed by atoms with E-state index >= 15 is 0 Å². The highest BCUT2D eigenvalue weighted by atomic mass is 35.5. The third-order valence-electron chi connectivity index (χ3n) is 4.82. The zero-order chi connectivity index (χ0) is 22.6. The van der Waals surface area contributed by atoms with Gasteiger partial charge in [0.2, 0.25) is 5.91 Å². The molecule has 0 saturated heterocycles. The number of carbonyl (C=O) groups is 2. The van der Waals surface area contributed by atoms with E-state index in [0.29, 0.717) is 23.6 Å². The Balaban J connectivity index is 1.81. The monoisotopic (exact) mass is 481 g/mol. The molecule has 0 radical (unpaired) electrons. The van der Waals surface area contributed by atoms with E-state index in [9.17, 15) is 9.59 Å². The molecule has 0 aromatic heterocycles. The van der Waals surface area contributed by atoms with Crippen LogP contribution in [-0.2, 0) is 4.79 Å². The van der Waals surface area contributed by atoms with Crippen LogP contribution in [0.1, 0.15) is 29.6 Å². The Labute approximate surface area is 198 Å². The van der Waals surface area contributed by atoms with Gasteiger partial charge in [0.25, 0.3) is 5.91 Å². The Morgan fingerprint density at radius 3 is 2.52 bits per heavy atom. The molecule has 2 N–H and O–H groups in total. The van der Waals surface area contributed by atoms with Crippen LogP contribution in [0, 0.1) is 0 Å². The summed E-state index contributed by atoms with van der Waals surface area (Å²) in [5, 5.41) is 6.47. The van der Waals surface area contributed by atoms with Crippen LogP contribution >= 0.6 is 35.0 Å². The van der Waals surface area contributed by atoms with Gasteiger partial charge in [0.1, 0.15) is 6.04 Å². The number of anilines is 1. The smallest absolute Gasteiger partial charge is 0.253 e. The van der Waals surface area contributed by atoms with Crippen LogP contribution < -0.4 is 15.5 Å². The number of nitrogens with one attached hydrogen (secondary N) is 2. The number of unbranched alkanes of at least 4 members (excludes halogenated alkanes) is 1. The zero-order valence-corrected chi connectivity index (χ0v) is 20.2. The molecule has 5 nitrogen and oxygen atoms in total. The molecule has 1 unspecified atom stereocenters. The third-order valence-corrected chi connectivity index (χ3v) is 6.02. The summed E-state index contributed by atoms with van der Waals surface area (Å²) < 4.78 is 0. The minimum absolute atomic E-state index is 0.177. The molecular weight excluding hydrogens is 453 g/mol. The van der Waals surface area contributed by atoms with Crippen molar-refractivity contribution in [1.82, 2.24) is 10.6 Å². The molecule has 0 fully saturated rings. The highest BCUT2D eigenvalue weighted by Crippen LogP contribution is 2.21. The summed E-state index contributed by atoms with van der Waals surface area (Å²) in [6.45, 7) is 1.47. The molecule has 1 atom stereocenters. The van der Waals surface area contributed by atoms with Crippen molar-refractivity contribution in [3.8, 4) is 0 Å². The van der Waals surface area contributed by atoms with Crippen LogP contribution in [0.25, 0.3) is 0 Å². The fraction of sp³-hybridized carbons (Fsp3) is 0.391. The van der Waals surface area contributed by atoms with E-state index in [0.717, 1.165) is 25.1 Å². The molecule has 2 aromatic rings. The van der Waals surface area contributed by atoms with Gasteiger partial charge in [-0.2, -0.15) is 11.8 Å². The van der Waals surface area contributed by atoms with Gasteiger partial charge in [-0.15, -0.1) is 0 Å². The quantitative estimate of drug-likeness (QED) is 0.424. The molecule has 0 heterocycles. The van der Waals surface area contributed by atoms with Crippen LogP contribution in [0.5, 0.6) is 0 Å². The average Bonchev–Trinajstić information content (AvgIpc) is 2.76. The number of benzene rings is 2. The van der Waals surface area contributed by atoms with E-state index in [1.807, 2.05) is 24.5 Å². The summed E-state index contributed by atoms with van der Waals surface area (Å²) in [5.74, 6) is 0.200. The van der Waals surface area contributed by atoms with Gasteiger partial charge < -0.3 is 15.5 Å². The normalized spacial score (nSPS) is 11.6. The Morgan fingerprint density at radius 2 is 1.84 bits per heavy atom. The van der Waals surface area contributed by atoms with E-state index < -0.39 is 6.04 Å². The maximum Gasteiger partial charge on any atom is 0.253 e. The van der Waals surface area contributed by atoms with Crippen LogP contribution in [0.4, 0.5) is 5.69 Å². The number of rotatable bonds is 12. The molecule has 0 aliphatic heterocycles. The Kier molecular flexibility index (Phi) is 11.1. The van der Waals surface area contributed by atoms with Crippen LogP contribution in [-0.4, -0.2) is 50.0 Å². The summed E-state index contributed by atoms with van der Waals surface area (Å²) in [5.41, 5.74) is 1.48. The van der Waals surface area contributed by atoms with Crippen molar-refractivity contribution in [3.05, 3.63) is 64.1 Å². The van der Waals surface area contributed by atoms with E-state index in [-0.39, 0.29) is 16.8 Å². The zero-order valence-electron chi connectivity index (χ0n) is 17.9. The van der Waals surface area contributed by atoms with Crippen molar-refractivity contribution >= 4 is 52.5 Å². The summed E-state index contributed by atoms with van der Waals surface area (Å²) in [4.78, 5) is 27.5. The molecule has 2 aromatic carbocycles. The second-order valence-electron chi connectivity index (χ2n) is 7.19. The second-order valence-corrected chi connectivity index (χ2v) is 9.02. The predicted molar refractivity (Wildman–Crippen MR) is 133 cm³/mol. The highest BCUT2D eigenvalue weighted by Gasteiger charge is 2.22. The lowest BCUT2D eigenvalue weighted by molar-refractivity contribution is -0.123. The van der Waals surface area contributed by atoms with Gasteiger partial charge in [0.15, 0.2) is 0 Å². The van der Waals surface area contributed by atoms with Gasteiger partial charge in [0, 0.05) is 30.8 Å². The number of thioether (sulfide) groups is 1. The molecule has 0 saturated carbocycles. The SMILES string of the molecule is CSCCC(NC(=O)c1ccc(Cl)cc1Cl)C(=O)NCCCCN(C)c1ccccc1. The highest BCUT2D eigenvalue weighted by molar-refractivity contribution is 7.98. The molecule has 0 bridgehead atoms. The Hall–Kier alpha value is -1.89. The van der Waals surface area contributed by atoms with Crippen molar-refractivity contribution < 1.29 is 9.59 Å². The fourth-order valence-electron chi connectivity index (χ4n) is 3.03. The number of nitrogens with zero attached hydrogens (tertiary/aromatic N) is 1. The van der Waals surface area contributed by atoms with E-state index in [1.54, 1.807) is 23.9 Å². The molecule has 0 spiro atoms. The van der Waals surface area contributed by atoms with Gasteiger partial charge in [-0.3, -0.25) is 9.59 Å². The van der Waals surface area contributed by atoms with Crippen molar-refractivity contribution in [2.45, 2.75) is 25.3 Å². The molecule has 31 heavy (non-hydrogen) atoms. The lowest BCUT2D eigenvalue weighted by atomic mass is 10.1. The summed E-state index contributed by atoms with van der Waals surface area (Å²) in [6, 6.07) is 14.3. The topological polar surface area (TPSA) is 61.4 Å². The lowest BCUT2D eigenvalue weighted by Gasteiger charge is -2.20. The summed E-state index contributed by atoms with van der Waals surface area (Å²) in [7, 11) is 2.06. The first-order valence-corrected chi connectivity index (χ1v) is 12.4. The van der Waals surface area contributed by atoms with Crippen LogP contribution in [0.3, 0.4) is 0 Å². The largest absolute Gasteiger partial charge is 0.375 e. The fourth-order valence-corrected chi connectivity index (χ4v) is 4.00. The molecule has 0 aliphatic carbocycles. The minimum atomic E-state index is -0.612. The molecule has 2 amide bonds. The number of amides is 2. The van der Waals surface area contributed by atoms with Crippen LogP contribution in [0.15, 0.2) is 48.5 Å². The van der Waals surface area contributed by atoms with E-state index in [4.69, 9.17) is 23.2 Å². The van der Waals surface area contributed by atoms with E-state index in [1.165, 1.54) is 11.8 Å². The molecular formula is C23H29Cl2N3O2S. The number of halogens is 2. The standard InChI is InChI=1S/C23H29Cl2N3O2S/c1-28(18-8-4-3-5-9-18)14-7-6-13-26-23(30)21(12-15-31-2)27-22(29)19-11-10-17(24)16-20(19)25/h3-5,8-11,16,21H,6-7,12-15H2,1-2H3,(H,26,30)(H,27,29). The number of para-hydroxylation sites is 1. The lowest BCUT2D eigenvalue weighted by Crippen LogP contribution is -2.47. The van der Waals surface area contributed by atoms with Gasteiger partial charge in [0.05, 0.1) is 10.6 Å². The number of carbonyl (C=O) groups excluding carboxylic acids is 2. The summed E-state index contributed by atoms with van der Waals surface area (Å²) >= 11 is 13.7. The molecule has 2 rings (SSSR count). The number of hydrogen-bond acceptors (Lipinski definition) is 4. The predicted octanol–water partition coefficient (Wildman–Crippen LogP) is 4.88. The van der Waals surface area contributed by atoms with Crippen LogP contribution in [0.2, 0.25) is 10.0 Å². The summed E-state index contributed by atoms with van der Waals surface area (Å²) in [6.07, 6.45) is 4.32.